The minimum atomic E-state index is -1.18. The first kappa shape index (κ1) is 20.9. The number of unbranched alkanes of at least 4 members (excludes halogenated alkanes) is 1. The molecule has 0 aliphatic carbocycles. The van der Waals surface area contributed by atoms with Gasteiger partial charge in [0, 0.05) is 17.2 Å². The number of ether oxygens (including phenoxy) is 2. The molecule has 0 saturated heterocycles. The first-order chi connectivity index (χ1) is 14.1. The molecule has 0 aliphatic heterocycles. The molecule has 0 saturated carbocycles. The minimum absolute atomic E-state index is 0.286. The van der Waals surface area contributed by atoms with Crippen molar-refractivity contribution in [3.63, 3.8) is 0 Å². The quantitative estimate of drug-likeness (QED) is 0.439. The molecule has 1 atom stereocenters. The molecule has 29 heavy (non-hydrogen) atoms. The van der Waals surface area contributed by atoms with E-state index >= 15 is 0 Å². The molecule has 0 fully saturated rings. The first-order valence-corrected chi connectivity index (χ1v) is 9.72. The van der Waals surface area contributed by atoms with Crippen LogP contribution in [0.2, 0.25) is 5.02 Å². The zero-order valence-electron chi connectivity index (χ0n) is 16.0. The number of nitrogens with zero attached hydrogens (tertiary/aromatic N) is 1. The molecule has 0 amide bonds. The van der Waals surface area contributed by atoms with Gasteiger partial charge in [-0.2, -0.15) is 0 Å². The lowest BCUT2D eigenvalue weighted by Crippen LogP contribution is -2.18. The predicted molar refractivity (Wildman–Crippen MR) is 109 cm³/mol. The second-order valence-electron chi connectivity index (χ2n) is 6.44. The Bertz CT molecular complexity index is 941. The summed E-state index contributed by atoms with van der Waals surface area (Å²) in [7, 11) is 0. The Morgan fingerprint density at radius 1 is 1.24 bits per heavy atom. The number of rotatable bonds is 10. The fourth-order valence-corrected chi connectivity index (χ4v) is 2.88. The van der Waals surface area contributed by atoms with Gasteiger partial charge < -0.3 is 19.0 Å². The van der Waals surface area contributed by atoms with Gasteiger partial charge >= 0.3 is 5.97 Å². The summed E-state index contributed by atoms with van der Waals surface area (Å²) in [5.74, 6) is -0.505. The van der Waals surface area contributed by atoms with Crippen molar-refractivity contribution in [2.45, 2.75) is 32.5 Å². The fraction of sp³-hybridized carbons (Fsp3) is 0.273. The zero-order chi connectivity index (χ0) is 20.6. The molecule has 152 valence electrons. The number of aromatic nitrogens is 1. The molecular weight excluding hydrogens is 394 g/mol. The van der Waals surface area contributed by atoms with Crippen LogP contribution in [-0.4, -0.2) is 22.7 Å². The van der Waals surface area contributed by atoms with Gasteiger partial charge in [0.05, 0.1) is 12.2 Å². The number of hydrogen-bond donors (Lipinski definition) is 1. The summed E-state index contributed by atoms with van der Waals surface area (Å²) >= 11 is 6.14. The summed E-state index contributed by atoms with van der Waals surface area (Å²) in [4.78, 5) is 16.2. The van der Waals surface area contributed by atoms with Crippen molar-refractivity contribution in [2.24, 2.45) is 0 Å². The van der Waals surface area contributed by atoms with E-state index in [1.54, 1.807) is 42.5 Å². The standard InChI is InChI=1S/C22H22ClNO5/c1-2-3-11-27-13-17-14-28-21(24-17)18-12-16(23)9-10-19(18)29-20(22(25)26)15-7-5-4-6-8-15/h4-10,12,14,20H,2-3,11,13H2,1H3,(H,25,26). The van der Waals surface area contributed by atoms with Crippen molar-refractivity contribution in [1.29, 1.82) is 0 Å². The molecule has 1 aromatic heterocycles. The molecule has 0 spiro atoms. The average molecular weight is 416 g/mol. The molecule has 1 heterocycles. The van der Waals surface area contributed by atoms with Gasteiger partial charge in [0.25, 0.3) is 0 Å². The highest BCUT2D eigenvalue weighted by Crippen LogP contribution is 2.35. The smallest absolute Gasteiger partial charge is 0.349 e. The number of halogens is 1. The molecule has 3 aromatic rings. The Balaban J connectivity index is 1.84. The molecule has 1 unspecified atom stereocenters. The average Bonchev–Trinajstić information content (AvgIpc) is 3.19. The van der Waals surface area contributed by atoms with E-state index in [9.17, 15) is 9.90 Å². The van der Waals surface area contributed by atoms with E-state index < -0.39 is 12.1 Å². The maximum absolute atomic E-state index is 11.8. The van der Waals surface area contributed by atoms with Crippen LogP contribution in [-0.2, 0) is 16.1 Å². The normalized spacial score (nSPS) is 11.9. The number of carboxylic acid groups (broad SMARTS) is 1. The molecule has 0 bridgehead atoms. The van der Waals surface area contributed by atoms with Crippen LogP contribution in [0.15, 0.2) is 59.2 Å². The predicted octanol–water partition coefficient (Wildman–Crippen LogP) is 5.52. The molecule has 1 N–H and O–H groups in total. The van der Waals surface area contributed by atoms with Crippen molar-refractivity contribution >= 4 is 17.6 Å². The number of aliphatic carboxylic acids is 1. The lowest BCUT2D eigenvalue weighted by Gasteiger charge is -2.17. The topological polar surface area (TPSA) is 81.8 Å². The van der Waals surface area contributed by atoms with E-state index in [1.165, 1.54) is 6.26 Å². The number of oxazole rings is 1. The van der Waals surface area contributed by atoms with Crippen LogP contribution in [0.3, 0.4) is 0 Å². The number of carbonyl (C=O) groups is 1. The lowest BCUT2D eigenvalue weighted by atomic mass is 10.1. The Morgan fingerprint density at radius 3 is 2.76 bits per heavy atom. The first-order valence-electron chi connectivity index (χ1n) is 9.35. The van der Waals surface area contributed by atoms with E-state index in [-0.39, 0.29) is 5.89 Å². The largest absolute Gasteiger partial charge is 0.478 e. The second-order valence-corrected chi connectivity index (χ2v) is 6.87. The van der Waals surface area contributed by atoms with Crippen molar-refractivity contribution in [3.05, 3.63) is 71.1 Å². The molecular formula is C22H22ClNO5. The molecule has 2 aromatic carbocycles. The third kappa shape index (κ3) is 5.59. The van der Waals surface area contributed by atoms with E-state index in [0.29, 0.717) is 40.8 Å². The third-order valence-corrected chi connectivity index (χ3v) is 4.42. The molecule has 0 aliphatic rings. The van der Waals surface area contributed by atoms with Gasteiger partial charge in [-0.1, -0.05) is 55.3 Å². The van der Waals surface area contributed by atoms with Crippen molar-refractivity contribution < 1.29 is 23.8 Å². The van der Waals surface area contributed by atoms with E-state index in [1.807, 2.05) is 6.07 Å². The number of benzene rings is 2. The van der Waals surface area contributed by atoms with Crippen LogP contribution in [0.4, 0.5) is 0 Å². The summed E-state index contributed by atoms with van der Waals surface area (Å²) in [6.45, 7) is 3.09. The molecule has 3 rings (SSSR count). The summed E-state index contributed by atoms with van der Waals surface area (Å²) < 4.78 is 17.0. The third-order valence-electron chi connectivity index (χ3n) is 4.19. The van der Waals surface area contributed by atoms with Crippen LogP contribution >= 0.6 is 11.6 Å². The van der Waals surface area contributed by atoms with Crippen molar-refractivity contribution in [2.75, 3.05) is 6.61 Å². The summed E-state index contributed by atoms with van der Waals surface area (Å²) in [5.41, 5.74) is 1.64. The monoisotopic (exact) mass is 415 g/mol. The van der Waals surface area contributed by atoms with Crippen LogP contribution in [0, 0.1) is 0 Å². The van der Waals surface area contributed by atoms with Crippen LogP contribution in [0.5, 0.6) is 5.75 Å². The maximum atomic E-state index is 11.8. The number of carboxylic acids is 1. The van der Waals surface area contributed by atoms with Crippen LogP contribution in [0.25, 0.3) is 11.5 Å². The Morgan fingerprint density at radius 2 is 2.03 bits per heavy atom. The summed E-state index contributed by atoms with van der Waals surface area (Å²) in [6, 6.07) is 13.6. The second kappa shape index (κ2) is 10.1. The van der Waals surface area contributed by atoms with E-state index in [4.69, 9.17) is 25.5 Å². The van der Waals surface area contributed by atoms with Gasteiger partial charge in [-0.25, -0.2) is 9.78 Å². The lowest BCUT2D eigenvalue weighted by molar-refractivity contribution is -0.145. The summed E-state index contributed by atoms with van der Waals surface area (Å²) in [5, 5.41) is 10.1. The van der Waals surface area contributed by atoms with Gasteiger partial charge in [0.2, 0.25) is 12.0 Å². The van der Waals surface area contributed by atoms with Crippen LogP contribution < -0.4 is 4.74 Å². The highest BCUT2D eigenvalue weighted by molar-refractivity contribution is 6.30. The molecule has 7 heteroatoms. The zero-order valence-corrected chi connectivity index (χ0v) is 16.8. The highest BCUT2D eigenvalue weighted by atomic mass is 35.5. The van der Waals surface area contributed by atoms with Gasteiger partial charge in [-0.05, 0) is 24.6 Å². The van der Waals surface area contributed by atoms with Crippen molar-refractivity contribution in [1.82, 2.24) is 4.98 Å². The minimum Gasteiger partial charge on any atom is -0.478 e. The van der Waals surface area contributed by atoms with Crippen molar-refractivity contribution in [3.8, 4) is 17.2 Å². The van der Waals surface area contributed by atoms with Gasteiger partial charge in [-0.15, -0.1) is 0 Å². The van der Waals surface area contributed by atoms with E-state index in [2.05, 4.69) is 11.9 Å². The van der Waals surface area contributed by atoms with Gasteiger partial charge in [0.15, 0.2) is 0 Å². The van der Waals surface area contributed by atoms with Gasteiger partial charge in [0.1, 0.15) is 17.7 Å². The fourth-order valence-electron chi connectivity index (χ4n) is 2.71. The number of hydrogen-bond acceptors (Lipinski definition) is 5. The summed E-state index contributed by atoms with van der Waals surface area (Å²) in [6.07, 6.45) is 2.37. The molecule has 0 radical (unpaired) electrons. The van der Waals surface area contributed by atoms with Crippen LogP contribution in [0.1, 0.15) is 37.1 Å². The molecule has 6 nitrogen and oxygen atoms in total. The Kier molecular flexibility index (Phi) is 7.27. The van der Waals surface area contributed by atoms with Gasteiger partial charge in [-0.3, -0.25) is 0 Å². The SMILES string of the molecule is CCCCOCc1coc(-c2cc(Cl)ccc2OC(C(=O)O)c2ccccc2)n1. The highest BCUT2D eigenvalue weighted by Gasteiger charge is 2.24. The Hall–Kier alpha value is -2.83. The van der Waals surface area contributed by atoms with E-state index in [0.717, 1.165) is 12.8 Å². The Labute approximate surface area is 174 Å². The maximum Gasteiger partial charge on any atom is 0.349 e.